The Labute approximate surface area is 342 Å². The number of carbonyl (C=O) groups excluding carboxylic acids is 4. The number of hydrogen-bond donors (Lipinski definition) is 4. The maximum absolute atomic E-state index is 13.8. The van der Waals surface area contributed by atoms with Crippen molar-refractivity contribution < 1.29 is 28.7 Å². The van der Waals surface area contributed by atoms with Crippen molar-refractivity contribution in [3.63, 3.8) is 0 Å². The van der Waals surface area contributed by atoms with E-state index in [1.54, 1.807) is 11.3 Å². The van der Waals surface area contributed by atoms with Gasteiger partial charge in [0, 0.05) is 23.5 Å². The maximum Gasteiger partial charge on any atom is 0.407 e. The second-order valence-electron chi connectivity index (χ2n) is 16.8. The van der Waals surface area contributed by atoms with E-state index in [1.807, 2.05) is 49.9 Å². The largest absolute Gasteiger partial charge is 0.453 e. The number of likely N-dealkylation sites (tertiary alicyclic amines) is 2. The van der Waals surface area contributed by atoms with E-state index in [1.165, 1.54) is 54.2 Å². The van der Waals surface area contributed by atoms with Crippen LogP contribution in [0.2, 0.25) is 0 Å². The third kappa shape index (κ3) is 7.26. The van der Waals surface area contributed by atoms with Crippen molar-refractivity contribution in [2.24, 2.45) is 11.8 Å². The summed E-state index contributed by atoms with van der Waals surface area (Å²) >= 11 is 1.74. The lowest BCUT2D eigenvalue weighted by Gasteiger charge is -2.30. The minimum Gasteiger partial charge on any atom is -0.453 e. The van der Waals surface area contributed by atoms with Crippen molar-refractivity contribution >= 4 is 35.3 Å². The van der Waals surface area contributed by atoms with E-state index < -0.39 is 24.3 Å². The van der Waals surface area contributed by atoms with Crippen LogP contribution in [-0.2, 0) is 19.1 Å². The molecular weight excluding hydrogens is 757 g/mol. The van der Waals surface area contributed by atoms with E-state index >= 15 is 0 Å². The third-order valence-corrected chi connectivity index (χ3v) is 13.8. The van der Waals surface area contributed by atoms with Crippen LogP contribution in [0.15, 0.2) is 36.7 Å². The topological polar surface area (TPSA) is 175 Å². The monoisotopic (exact) mass is 810 g/mol. The zero-order chi connectivity index (χ0) is 40.8. The minimum absolute atomic E-state index is 0.102. The van der Waals surface area contributed by atoms with Crippen LogP contribution in [0.4, 0.5) is 9.59 Å². The molecule has 4 aliphatic rings. The second-order valence-corrected chi connectivity index (χ2v) is 17.9. The predicted molar refractivity (Wildman–Crippen MR) is 220 cm³/mol. The standard InChI is InChI=1S/C43H54N8O6S/c1-22(2)36(48-42(54)56-5)40(52)50-17-7-9-30(50)38-44-20-28(46-38)26-13-14-27(35-25-12-11-24(19-25)34(26)35)32-15-16-33(58-32)29-21-45-39(47-29)31-10-8-18-51(31)41(53)37(23(3)4)49-43(55)57-6/h13-16,20-25,30-31,36-37H,7-12,17-19H2,1-6H3,(H,44,46)(H,45,47)(H,48,54)(H,49,55). The molecule has 15 heteroatoms. The Hall–Kier alpha value is -5.18. The van der Waals surface area contributed by atoms with Gasteiger partial charge in [-0.15, -0.1) is 11.3 Å². The zero-order valence-corrected chi connectivity index (χ0v) is 34.9. The average Bonchev–Trinajstić information content (AvgIpc) is 4.08. The van der Waals surface area contributed by atoms with Crippen molar-refractivity contribution in [1.29, 1.82) is 0 Å². The van der Waals surface area contributed by atoms with Gasteiger partial charge in [-0.1, -0.05) is 39.8 Å². The number of nitrogens with zero attached hydrogens (tertiary/aromatic N) is 4. The van der Waals surface area contributed by atoms with Crippen LogP contribution in [0.25, 0.3) is 32.3 Å². The smallest absolute Gasteiger partial charge is 0.407 e. The summed E-state index contributed by atoms with van der Waals surface area (Å²) in [5.74, 6) is 2.07. The van der Waals surface area contributed by atoms with Gasteiger partial charge in [0.05, 0.1) is 55.0 Å². The Morgan fingerprint density at radius 1 is 0.690 bits per heavy atom. The van der Waals surface area contributed by atoms with Gasteiger partial charge in [-0.2, -0.15) is 0 Å². The summed E-state index contributed by atoms with van der Waals surface area (Å²) in [6.45, 7) is 8.88. The summed E-state index contributed by atoms with van der Waals surface area (Å²) in [6.07, 6.45) is 9.37. The fourth-order valence-corrected chi connectivity index (χ4v) is 10.8. The van der Waals surface area contributed by atoms with E-state index in [9.17, 15) is 19.2 Å². The Morgan fingerprint density at radius 3 is 1.71 bits per heavy atom. The lowest BCUT2D eigenvalue weighted by Crippen LogP contribution is -2.51. The van der Waals surface area contributed by atoms with Gasteiger partial charge in [0.15, 0.2) is 0 Å². The number of ether oxygens (including phenoxy) is 2. The van der Waals surface area contributed by atoms with Gasteiger partial charge in [0.2, 0.25) is 11.8 Å². The molecule has 6 unspecified atom stereocenters. The highest BCUT2D eigenvalue weighted by molar-refractivity contribution is 7.18. The van der Waals surface area contributed by atoms with Crippen LogP contribution in [-0.4, -0.2) is 93.1 Å². The van der Waals surface area contributed by atoms with Gasteiger partial charge in [-0.3, -0.25) is 9.59 Å². The first-order chi connectivity index (χ1) is 28.0. The summed E-state index contributed by atoms with van der Waals surface area (Å²) in [4.78, 5) is 74.3. The zero-order valence-electron chi connectivity index (χ0n) is 34.1. The Balaban J connectivity index is 1.03. The number of hydrogen-bond acceptors (Lipinski definition) is 9. The molecule has 3 fully saturated rings. The first kappa shape index (κ1) is 39.6. The first-order valence-electron chi connectivity index (χ1n) is 20.6. The molecule has 1 saturated carbocycles. The van der Waals surface area contributed by atoms with E-state index in [0.717, 1.165) is 60.0 Å². The fraction of sp³-hybridized carbons (Fsp3) is 0.535. The number of aromatic nitrogens is 4. The molecule has 0 spiro atoms. The highest BCUT2D eigenvalue weighted by Gasteiger charge is 2.42. The molecule has 2 aliphatic heterocycles. The Bertz CT molecular complexity index is 2190. The van der Waals surface area contributed by atoms with Gasteiger partial charge in [0.1, 0.15) is 23.7 Å². The minimum atomic E-state index is -0.685. The lowest BCUT2D eigenvalue weighted by molar-refractivity contribution is -0.136. The van der Waals surface area contributed by atoms with Crippen molar-refractivity contribution in [3.05, 3.63) is 59.4 Å². The number of aromatic amines is 2. The van der Waals surface area contributed by atoms with Crippen LogP contribution in [0.3, 0.4) is 0 Å². The average molecular weight is 811 g/mol. The fourth-order valence-electron chi connectivity index (χ4n) is 9.76. The second kappa shape index (κ2) is 16.2. The number of amides is 4. The number of benzene rings is 1. The summed E-state index contributed by atoms with van der Waals surface area (Å²) < 4.78 is 9.60. The van der Waals surface area contributed by atoms with Gasteiger partial charge in [0.25, 0.3) is 0 Å². The molecule has 2 bridgehead atoms. The molecule has 4 N–H and O–H groups in total. The molecule has 308 valence electrons. The highest BCUT2D eigenvalue weighted by atomic mass is 32.1. The number of nitrogens with one attached hydrogen (secondary N) is 4. The number of fused-ring (bicyclic) bond motifs is 5. The summed E-state index contributed by atoms with van der Waals surface area (Å²) in [7, 11) is 2.60. The predicted octanol–water partition coefficient (Wildman–Crippen LogP) is 7.65. The normalized spacial score (nSPS) is 22.1. The molecule has 14 nitrogen and oxygen atoms in total. The van der Waals surface area contributed by atoms with Gasteiger partial charge < -0.3 is 39.9 Å². The molecule has 5 heterocycles. The maximum atomic E-state index is 13.8. The Morgan fingerprint density at radius 2 is 1.17 bits per heavy atom. The molecule has 2 saturated heterocycles. The van der Waals surface area contributed by atoms with Crippen molar-refractivity contribution in [1.82, 2.24) is 40.4 Å². The third-order valence-electron chi connectivity index (χ3n) is 12.6. The number of H-pyrrole nitrogens is 2. The van der Waals surface area contributed by atoms with Crippen LogP contribution in [0.5, 0.6) is 0 Å². The van der Waals surface area contributed by atoms with Crippen molar-refractivity contribution in [2.45, 2.75) is 109 Å². The summed E-state index contributed by atoms with van der Waals surface area (Å²) in [6, 6.07) is 7.08. The van der Waals surface area contributed by atoms with Crippen LogP contribution >= 0.6 is 11.3 Å². The molecule has 4 aromatic rings. The van der Waals surface area contributed by atoms with Crippen molar-refractivity contribution in [3.8, 4) is 32.3 Å². The van der Waals surface area contributed by atoms with Gasteiger partial charge in [-0.25, -0.2) is 19.6 Å². The molecule has 4 amide bonds. The van der Waals surface area contributed by atoms with E-state index in [0.29, 0.717) is 24.9 Å². The molecule has 58 heavy (non-hydrogen) atoms. The van der Waals surface area contributed by atoms with Gasteiger partial charge in [-0.05, 0) is 97.4 Å². The first-order valence-corrected chi connectivity index (χ1v) is 21.5. The van der Waals surface area contributed by atoms with E-state index in [4.69, 9.17) is 19.4 Å². The van der Waals surface area contributed by atoms with Gasteiger partial charge >= 0.3 is 12.2 Å². The molecule has 1 aromatic carbocycles. The van der Waals surface area contributed by atoms with Crippen LogP contribution in [0, 0.1) is 11.8 Å². The number of carbonyl (C=O) groups is 4. The number of rotatable bonds is 11. The molecule has 3 aromatic heterocycles. The van der Waals surface area contributed by atoms with Crippen molar-refractivity contribution in [2.75, 3.05) is 27.3 Å². The summed E-state index contributed by atoms with van der Waals surface area (Å²) in [5, 5.41) is 5.46. The van der Waals surface area contributed by atoms with Crippen LogP contribution in [0.1, 0.15) is 119 Å². The Kier molecular flexibility index (Phi) is 11.1. The quantitative estimate of drug-likeness (QED) is 0.120. The lowest BCUT2D eigenvalue weighted by atomic mass is 9.84. The molecular formula is C43H54N8O6S. The molecule has 8 rings (SSSR count). The number of alkyl carbamates (subject to hydrolysis) is 2. The SMILES string of the molecule is COC(=O)NC(C(=O)N1CCCC1c1ncc(-c2ccc(-c3ccc(-c4cnc(C5CCCN5C(=O)C(NC(=O)OC)C(C)C)[nH]4)c4c3C3CCC4C3)s2)[nH]1)C(C)C. The molecule has 2 aliphatic carbocycles. The number of imidazole rings is 2. The van der Waals surface area contributed by atoms with E-state index in [2.05, 4.69) is 44.9 Å². The van der Waals surface area contributed by atoms with Crippen LogP contribution < -0.4 is 10.6 Å². The van der Waals surface area contributed by atoms with E-state index in [-0.39, 0.29) is 35.7 Å². The molecule has 0 radical (unpaired) electrons. The summed E-state index contributed by atoms with van der Waals surface area (Å²) in [5.41, 5.74) is 7.19. The number of thiophene rings is 1. The highest BCUT2D eigenvalue weighted by Crippen LogP contribution is 2.58. The number of methoxy groups -OCH3 is 2. The molecule has 6 atom stereocenters.